The molecule has 0 radical (unpaired) electrons. The summed E-state index contributed by atoms with van der Waals surface area (Å²) in [5.41, 5.74) is 2.15. The van der Waals surface area contributed by atoms with Crippen LogP contribution in [0.25, 0.3) is 10.6 Å². The first-order valence-electron chi connectivity index (χ1n) is 8.37. The maximum absolute atomic E-state index is 13.3. The van der Waals surface area contributed by atoms with Crippen molar-refractivity contribution in [2.24, 2.45) is 0 Å². The first-order chi connectivity index (χ1) is 12.7. The molecule has 0 bridgehead atoms. The third-order valence-corrected chi connectivity index (χ3v) is 4.66. The molecule has 1 heterocycles. The number of hydrogen-bond acceptors (Lipinski definition) is 4. The minimum absolute atomic E-state index is 0.172. The third-order valence-electron chi connectivity index (χ3n) is 3.72. The van der Waals surface area contributed by atoms with Crippen molar-refractivity contribution in [2.75, 3.05) is 13.2 Å². The van der Waals surface area contributed by atoms with E-state index in [-0.39, 0.29) is 11.7 Å². The molecule has 2 aromatic carbocycles. The Morgan fingerprint density at radius 1 is 1.23 bits per heavy atom. The topological polar surface area (TPSA) is 51.2 Å². The van der Waals surface area contributed by atoms with E-state index in [1.54, 1.807) is 18.2 Å². The molecule has 0 unspecified atom stereocenters. The quantitative estimate of drug-likeness (QED) is 0.674. The molecule has 0 aliphatic carbocycles. The number of para-hydroxylation sites is 1. The molecule has 0 atom stereocenters. The van der Waals surface area contributed by atoms with Crippen LogP contribution in [0, 0.1) is 5.82 Å². The van der Waals surface area contributed by atoms with Gasteiger partial charge < -0.3 is 10.1 Å². The summed E-state index contributed by atoms with van der Waals surface area (Å²) in [6, 6.07) is 13.5. The first kappa shape index (κ1) is 18.1. The molecule has 0 fully saturated rings. The molecule has 0 spiro atoms. The van der Waals surface area contributed by atoms with Gasteiger partial charge in [0.05, 0.1) is 17.9 Å². The molecule has 26 heavy (non-hydrogen) atoms. The van der Waals surface area contributed by atoms with Gasteiger partial charge in [0.2, 0.25) is 0 Å². The van der Waals surface area contributed by atoms with Crippen LogP contribution in [-0.2, 0) is 6.42 Å². The summed E-state index contributed by atoms with van der Waals surface area (Å²) in [6.45, 7) is 2.85. The molecular formula is C20H19FN2O2S. The number of carbonyl (C=O) groups excluding carboxylic acids is 1. The van der Waals surface area contributed by atoms with Crippen molar-refractivity contribution in [1.82, 2.24) is 10.3 Å². The van der Waals surface area contributed by atoms with Crippen LogP contribution in [0.1, 0.15) is 23.0 Å². The van der Waals surface area contributed by atoms with Gasteiger partial charge >= 0.3 is 0 Å². The second-order valence-electron chi connectivity index (χ2n) is 5.59. The summed E-state index contributed by atoms with van der Waals surface area (Å²) in [7, 11) is 0. The Kier molecular flexibility index (Phi) is 5.96. The van der Waals surface area contributed by atoms with Crippen molar-refractivity contribution in [3.8, 4) is 16.3 Å². The Hall–Kier alpha value is -2.73. The van der Waals surface area contributed by atoms with E-state index in [9.17, 15) is 9.18 Å². The van der Waals surface area contributed by atoms with Crippen LogP contribution < -0.4 is 10.1 Å². The van der Waals surface area contributed by atoms with Crippen LogP contribution in [0.3, 0.4) is 0 Å². The maximum Gasteiger partial charge on any atom is 0.255 e. The smallest absolute Gasteiger partial charge is 0.255 e. The van der Waals surface area contributed by atoms with Crippen LogP contribution in [0.4, 0.5) is 4.39 Å². The number of thiazole rings is 1. The zero-order valence-electron chi connectivity index (χ0n) is 14.4. The molecule has 0 saturated carbocycles. The zero-order chi connectivity index (χ0) is 18.4. The fraction of sp³-hybridized carbons (Fsp3) is 0.200. The number of nitrogens with one attached hydrogen (secondary N) is 1. The minimum Gasteiger partial charge on any atom is -0.493 e. The average Bonchev–Trinajstić information content (AvgIpc) is 3.11. The van der Waals surface area contributed by atoms with E-state index in [1.807, 2.05) is 30.5 Å². The van der Waals surface area contributed by atoms with Gasteiger partial charge in [-0.3, -0.25) is 4.79 Å². The monoisotopic (exact) mass is 370 g/mol. The van der Waals surface area contributed by atoms with Gasteiger partial charge in [-0.1, -0.05) is 24.3 Å². The summed E-state index contributed by atoms with van der Waals surface area (Å²) >= 11 is 1.47. The Balaban J connectivity index is 1.58. The molecule has 0 aliphatic heterocycles. The van der Waals surface area contributed by atoms with E-state index in [0.717, 1.165) is 16.3 Å². The van der Waals surface area contributed by atoms with Gasteiger partial charge in [0.1, 0.15) is 16.6 Å². The van der Waals surface area contributed by atoms with Gasteiger partial charge in [-0.25, -0.2) is 9.37 Å². The average molecular weight is 370 g/mol. The lowest BCUT2D eigenvalue weighted by molar-refractivity contribution is 0.0950. The molecule has 3 rings (SSSR count). The number of benzene rings is 2. The van der Waals surface area contributed by atoms with Crippen LogP contribution >= 0.6 is 11.3 Å². The summed E-state index contributed by atoms with van der Waals surface area (Å²) in [6.07, 6.45) is 0.606. The van der Waals surface area contributed by atoms with Gasteiger partial charge in [0, 0.05) is 23.9 Å². The lowest BCUT2D eigenvalue weighted by atomic mass is 10.2. The van der Waals surface area contributed by atoms with E-state index in [4.69, 9.17) is 4.74 Å². The molecule has 4 nitrogen and oxygen atoms in total. The number of hydrogen-bond donors (Lipinski definition) is 1. The Labute approximate surface area is 155 Å². The summed E-state index contributed by atoms with van der Waals surface area (Å²) in [5.74, 6) is 0.128. The van der Waals surface area contributed by atoms with Crippen LogP contribution in [-0.4, -0.2) is 24.0 Å². The van der Waals surface area contributed by atoms with Crippen molar-refractivity contribution in [2.45, 2.75) is 13.3 Å². The van der Waals surface area contributed by atoms with E-state index < -0.39 is 0 Å². The van der Waals surface area contributed by atoms with Crippen molar-refractivity contribution < 1.29 is 13.9 Å². The SMILES string of the molecule is CCOc1ccccc1C(=O)NCCc1csc(-c2cccc(F)c2)n1. The number of nitrogens with zero attached hydrogens (tertiary/aromatic N) is 1. The molecule has 1 N–H and O–H groups in total. The lowest BCUT2D eigenvalue weighted by Gasteiger charge is -2.10. The fourth-order valence-corrected chi connectivity index (χ4v) is 3.36. The third kappa shape index (κ3) is 4.46. The highest BCUT2D eigenvalue weighted by Crippen LogP contribution is 2.24. The van der Waals surface area contributed by atoms with Gasteiger partial charge in [-0.2, -0.15) is 0 Å². The van der Waals surface area contributed by atoms with Gasteiger partial charge in [-0.05, 0) is 31.2 Å². The summed E-state index contributed by atoms with van der Waals surface area (Å²) in [4.78, 5) is 16.9. The molecule has 6 heteroatoms. The minimum atomic E-state index is -0.278. The molecular weight excluding hydrogens is 351 g/mol. The van der Waals surface area contributed by atoms with E-state index in [2.05, 4.69) is 10.3 Å². The van der Waals surface area contributed by atoms with Crippen molar-refractivity contribution in [3.05, 3.63) is 71.0 Å². The lowest BCUT2D eigenvalue weighted by Crippen LogP contribution is -2.26. The second-order valence-corrected chi connectivity index (χ2v) is 6.45. The molecule has 0 saturated heterocycles. The van der Waals surface area contributed by atoms with Crippen molar-refractivity contribution >= 4 is 17.2 Å². The number of ether oxygens (including phenoxy) is 1. The van der Waals surface area contributed by atoms with E-state index in [1.165, 1.54) is 23.5 Å². The zero-order valence-corrected chi connectivity index (χ0v) is 15.2. The second kappa shape index (κ2) is 8.58. The number of aromatic nitrogens is 1. The predicted molar refractivity (Wildman–Crippen MR) is 101 cm³/mol. The van der Waals surface area contributed by atoms with Crippen molar-refractivity contribution in [1.29, 1.82) is 0 Å². The number of rotatable bonds is 7. The highest BCUT2D eigenvalue weighted by Gasteiger charge is 2.12. The Morgan fingerprint density at radius 2 is 2.08 bits per heavy atom. The Morgan fingerprint density at radius 3 is 2.88 bits per heavy atom. The summed E-state index contributed by atoms with van der Waals surface area (Å²) in [5, 5.41) is 5.59. The molecule has 134 valence electrons. The number of halogens is 1. The molecule has 1 aromatic heterocycles. The van der Waals surface area contributed by atoms with Crippen LogP contribution in [0.15, 0.2) is 53.9 Å². The molecule has 3 aromatic rings. The number of carbonyl (C=O) groups is 1. The van der Waals surface area contributed by atoms with E-state index in [0.29, 0.717) is 30.9 Å². The fourth-order valence-electron chi connectivity index (χ4n) is 2.51. The van der Waals surface area contributed by atoms with E-state index >= 15 is 0 Å². The summed E-state index contributed by atoms with van der Waals surface area (Å²) < 4.78 is 18.8. The standard InChI is InChI=1S/C20H19FN2O2S/c1-2-25-18-9-4-3-8-17(18)19(24)22-11-10-16-13-26-20(23-16)14-6-5-7-15(21)12-14/h3-9,12-13H,2,10-11H2,1H3,(H,22,24). The maximum atomic E-state index is 13.3. The number of amides is 1. The van der Waals surface area contributed by atoms with Gasteiger partial charge in [-0.15, -0.1) is 11.3 Å². The highest BCUT2D eigenvalue weighted by molar-refractivity contribution is 7.13. The Bertz CT molecular complexity index is 895. The van der Waals surface area contributed by atoms with Gasteiger partial charge in [0.15, 0.2) is 0 Å². The highest BCUT2D eigenvalue weighted by atomic mass is 32.1. The first-order valence-corrected chi connectivity index (χ1v) is 9.25. The van der Waals surface area contributed by atoms with Crippen LogP contribution in [0.2, 0.25) is 0 Å². The van der Waals surface area contributed by atoms with Gasteiger partial charge in [0.25, 0.3) is 5.91 Å². The predicted octanol–water partition coefficient (Wildman–Crippen LogP) is 4.32. The molecule has 1 amide bonds. The largest absolute Gasteiger partial charge is 0.493 e. The normalized spacial score (nSPS) is 10.5. The van der Waals surface area contributed by atoms with Crippen molar-refractivity contribution in [3.63, 3.8) is 0 Å². The van der Waals surface area contributed by atoms with Crippen LogP contribution in [0.5, 0.6) is 5.75 Å². The molecule has 0 aliphatic rings.